The van der Waals surface area contributed by atoms with E-state index in [-0.39, 0.29) is 22.9 Å². The summed E-state index contributed by atoms with van der Waals surface area (Å²) in [5, 5.41) is 10.0. The van der Waals surface area contributed by atoms with Crippen molar-refractivity contribution >= 4 is 6.03 Å². The van der Waals surface area contributed by atoms with Gasteiger partial charge < -0.3 is 14.9 Å². The first-order valence-corrected chi connectivity index (χ1v) is 10.6. The summed E-state index contributed by atoms with van der Waals surface area (Å²) < 4.78 is 0. The number of carbonyl (C=O) groups is 1. The van der Waals surface area contributed by atoms with Gasteiger partial charge in [-0.2, -0.15) is 0 Å². The van der Waals surface area contributed by atoms with E-state index < -0.39 is 6.10 Å². The van der Waals surface area contributed by atoms with Crippen molar-refractivity contribution in [1.29, 1.82) is 0 Å². The van der Waals surface area contributed by atoms with Gasteiger partial charge in [-0.1, -0.05) is 39.0 Å². The third-order valence-electron chi connectivity index (χ3n) is 7.98. The van der Waals surface area contributed by atoms with Gasteiger partial charge in [0.05, 0.1) is 6.10 Å². The topological polar surface area (TPSA) is 43.8 Å². The quantitative estimate of drug-likeness (QED) is 0.803. The van der Waals surface area contributed by atoms with Gasteiger partial charge in [0.25, 0.3) is 0 Å². The van der Waals surface area contributed by atoms with E-state index in [4.69, 9.17) is 0 Å². The van der Waals surface area contributed by atoms with Gasteiger partial charge in [-0.05, 0) is 61.1 Å². The van der Waals surface area contributed by atoms with Crippen LogP contribution in [-0.4, -0.2) is 46.6 Å². The number of amides is 2. The predicted molar refractivity (Wildman–Crippen MR) is 108 cm³/mol. The molecule has 2 bridgehead atoms. The number of rotatable bonds is 1. The number of aliphatic hydroxyl groups is 1. The van der Waals surface area contributed by atoms with Crippen LogP contribution in [0.25, 0.3) is 0 Å². The number of hydrogen-bond acceptors (Lipinski definition) is 2. The molecule has 2 heterocycles. The van der Waals surface area contributed by atoms with Gasteiger partial charge in [-0.3, -0.25) is 0 Å². The molecule has 1 unspecified atom stereocenters. The number of likely N-dealkylation sites (tertiary alicyclic amines) is 2. The van der Waals surface area contributed by atoms with E-state index in [0.717, 1.165) is 50.9 Å². The lowest BCUT2D eigenvalue weighted by molar-refractivity contribution is -0.0243. The standard InChI is InChI=1S/C23H34N2O2/c1-16(26)17-8-9-19-18(14-17)15-20-22(2,3)23(19,4)10-13-25(20)21(27)24-11-6-5-7-12-24/h8-9,14,16,20,26H,5-7,10-13,15H2,1-4H3/t16?,20-,23+/m1/s1. The molecule has 3 aliphatic rings. The van der Waals surface area contributed by atoms with Crippen molar-refractivity contribution in [3.63, 3.8) is 0 Å². The SMILES string of the molecule is CC(O)c1ccc2c(c1)C[C@H]1N(C(=O)N3CCCCC3)CC[C@]2(C)C1(C)C. The minimum atomic E-state index is -0.455. The minimum Gasteiger partial charge on any atom is -0.389 e. The molecule has 27 heavy (non-hydrogen) atoms. The molecular weight excluding hydrogens is 336 g/mol. The summed E-state index contributed by atoms with van der Waals surface area (Å²) in [7, 11) is 0. The van der Waals surface area contributed by atoms with Crippen LogP contribution in [-0.2, 0) is 11.8 Å². The molecule has 2 fully saturated rings. The van der Waals surface area contributed by atoms with Crippen LogP contribution in [0.2, 0.25) is 0 Å². The number of carbonyl (C=O) groups excluding carboxylic acids is 1. The Labute approximate surface area is 163 Å². The predicted octanol–water partition coefficient (Wildman–Crippen LogP) is 4.26. The van der Waals surface area contributed by atoms with Crippen LogP contribution in [0.3, 0.4) is 0 Å². The highest BCUT2D eigenvalue weighted by atomic mass is 16.3. The normalized spacial score (nSPS) is 30.6. The van der Waals surface area contributed by atoms with E-state index in [1.54, 1.807) is 0 Å². The van der Waals surface area contributed by atoms with Crippen molar-refractivity contribution in [2.24, 2.45) is 5.41 Å². The molecule has 0 spiro atoms. The van der Waals surface area contributed by atoms with Gasteiger partial charge in [-0.25, -0.2) is 4.79 Å². The molecule has 1 aromatic rings. The maximum atomic E-state index is 13.3. The van der Waals surface area contributed by atoms with Crippen molar-refractivity contribution in [3.8, 4) is 0 Å². The zero-order chi connectivity index (χ0) is 19.4. The summed E-state index contributed by atoms with van der Waals surface area (Å²) >= 11 is 0. The number of fused-ring (bicyclic) bond motifs is 4. The number of hydrogen-bond donors (Lipinski definition) is 1. The fraction of sp³-hybridized carbons (Fsp3) is 0.696. The number of benzene rings is 1. The van der Waals surface area contributed by atoms with Gasteiger partial charge in [-0.15, -0.1) is 0 Å². The van der Waals surface area contributed by atoms with E-state index in [9.17, 15) is 9.90 Å². The average Bonchev–Trinajstić information content (AvgIpc) is 2.64. The number of piperidine rings is 2. The lowest BCUT2D eigenvalue weighted by Gasteiger charge is -2.61. The second-order valence-electron chi connectivity index (χ2n) is 9.64. The molecule has 2 saturated heterocycles. The molecular formula is C23H34N2O2. The summed E-state index contributed by atoms with van der Waals surface area (Å²) in [6.07, 6.45) is 4.93. The number of urea groups is 1. The smallest absolute Gasteiger partial charge is 0.320 e. The Morgan fingerprint density at radius 2 is 1.85 bits per heavy atom. The van der Waals surface area contributed by atoms with E-state index in [1.807, 2.05) is 6.92 Å². The maximum absolute atomic E-state index is 13.3. The third kappa shape index (κ3) is 2.79. The van der Waals surface area contributed by atoms with Gasteiger partial charge >= 0.3 is 6.03 Å². The summed E-state index contributed by atoms with van der Waals surface area (Å²) in [5.74, 6) is 0. The Morgan fingerprint density at radius 3 is 2.52 bits per heavy atom. The molecule has 0 saturated carbocycles. The van der Waals surface area contributed by atoms with Crippen LogP contribution >= 0.6 is 0 Å². The molecule has 2 amide bonds. The summed E-state index contributed by atoms with van der Waals surface area (Å²) in [4.78, 5) is 17.6. The third-order valence-corrected chi connectivity index (χ3v) is 7.98. The Kier molecular flexibility index (Phi) is 4.53. The van der Waals surface area contributed by atoms with Gasteiger partial charge in [0, 0.05) is 31.1 Å². The zero-order valence-electron chi connectivity index (χ0n) is 17.3. The first-order valence-electron chi connectivity index (χ1n) is 10.6. The van der Waals surface area contributed by atoms with Crippen LogP contribution in [0.5, 0.6) is 0 Å². The molecule has 1 aromatic carbocycles. The van der Waals surface area contributed by atoms with Crippen molar-refractivity contribution in [1.82, 2.24) is 9.80 Å². The molecule has 4 nitrogen and oxygen atoms in total. The lowest BCUT2D eigenvalue weighted by Crippen LogP contribution is -2.66. The molecule has 0 radical (unpaired) electrons. The second kappa shape index (κ2) is 6.51. The second-order valence-corrected chi connectivity index (χ2v) is 9.64. The molecule has 1 aliphatic carbocycles. The van der Waals surface area contributed by atoms with E-state index in [0.29, 0.717) is 0 Å². The van der Waals surface area contributed by atoms with Gasteiger partial charge in [0.2, 0.25) is 0 Å². The van der Waals surface area contributed by atoms with Crippen molar-refractivity contribution < 1.29 is 9.90 Å². The first kappa shape index (κ1) is 18.8. The summed E-state index contributed by atoms with van der Waals surface area (Å²) in [5.41, 5.74) is 3.79. The largest absolute Gasteiger partial charge is 0.389 e. The Balaban J connectivity index is 1.71. The summed E-state index contributed by atoms with van der Waals surface area (Å²) in [6, 6.07) is 6.94. The zero-order valence-corrected chi connectivity index (χ0v) is 17.3. The van der Waals surface area contributed by atoms with Crippen molar-refractivity contribution in [2.45, 2.75) is 77.4 Å². The number of aliphatic hydroxyl groups excluding tert-OH is 1. The van der Waals surface area contributed by atoms with Crippen LogP contribution in [0, 0.1) is 5.41 Å². The Hall–Kier alpha value is -1.55. The van der Waals surface area contributed by atoms with E-state index >= 15 is 0 Å². The highest BCUT2D eigenvalue weighted by molar-refractivity contribution is 5.75. The average molecular weight is 371 g/mol. The molecule has 4 rings (SSSR count). The van der Waals surface area contributed by atoms with Crippen molar-refractivity contribution in [2.75, 3.05) is 19.6 Å². The first-order chi connectivity index (χ1) is 12.8. The van der Waals surface area contributed by atoms with Crippen LogP contribution in [0.4, 0.5) is 4.79 Å². The van der Waals surface area contributed by atoms with Crippen LogP contribution in [0.1, 0.15) is 76.2 Å². The Morgan fingerprint density at radius 1 is 1.15 bits per heavy atom. The van der Waals surface area contributed by atoms with Crippen molar-refractivity contribution in [3.05, 3.63) is 34.9 Å². The summed E-state index contributed by atoms with van der Waals surface area (Å²) in [6.45, 7) is 11.5. The number of nitrogens with zero attached hydrogens (tertiary/aromatic N) is 2. The highest BCUT2D eigenvalue weighted by Crippen LogP contribution is 2.56. The van der Waals surface area contributed by atoms with E-state index in [1.165, 1.54) is 17.5 Å². The van der Waals surface area contributed by atoms with E-state index in [2.05, 4.69) is 48.8 Å². The maximum Gasteiger partial charge on any atom is 0.320 e. The van der Waals surface area contributed by atoms with Gasteiger partial charge in [0.15, 0.2) is 0 Å². The molecule has 3 atom stereocenters. The van der Waals surface area contributed by atoms with Gasteiger partial charge in [0.1, 0.15) is 0 Å². The molecule has 0 aromatic heterocycles. The van der Waals surface area contributed by atoms with Crippen LogP contribution in [0.15, 0.2) is 18.2 Å². The Bertz CT molecular complexity index is 736. The molecule has 1 N–H and O–H groups in total. The molecule has 2 aliphatic heterocycles. The molecule has 4 heteroatoms. The minimum absolute atomic E-state index is 0.0239. The highest BCUT2D eigenvalue weighted by Gasteiger charge is 2.57. The monoisotopic (exact) mass is 370 g/mol. The molecule has 148 valence electrons. The van der Waals surface area contributed by atoms with Crippen LogP contribution < -0.4 is 0 Å². The fourth-order valence-corrected chi connectivity index (χ4v) is 5.71. The fourth-order valence-electron chi connectivity index (χ4n) is 5.71. The lowest BCUT2D eigenvalue weighted by atomic mass is 9.51.